The number of thiazole rings is 1. The average molecular weight is 245 g/mol. The third-order valence-corrected chi connectivity index (χ3v) is 4.54. The van der Waals surface area contributed by atoms with Crippen LogP contribution in [0.15, 0.2) is 24.5 Å². The molecule has 1 unspecified atom stereocenters. The fourth-order valence-corrected chi connectivity index (χ4v) is 3.47. The zero-order valence-electron chi connectivity index (χ0n) is 9.81. The third kappa shape index (κ3) is 2.10. The summed E-state index contributed by atoms with van der Waals surface area (Å²) in [7, 11) is 0. The molecule has 1 N–H and O–H groups in total. The Morgan fingerprint density at radius 3 is 3.12 bits per heavy atom. The Kier molecular flexibility index (Phi) is 2.91. The number of pyridine rings is 1. The Morgan fingerprint density at radius 2 is 2.41 bits per heavy atom. The minimum absolute atomic E-state index is 0.651. The largest absolute Gasteiger partial charge is 0.316 e. The van der Waals surface area contributed by atoms with E-state index in [4.69, 9.17) is 0 Å². The van der Waals surface area contributed by atoms with Crippen LogP contribution in [0.4, 0.5) is 0 Å². The SMILES string of the molecule is Cc1nc(-c2cccnc2)sc1C1CCNC1. The highest BCUT2D eigenvalue weighted by atomic mass is 32.1. The van der Waals surface area contributed by atoms with Gasteiger partial charge in [0.05, 0.1) is 5.69 Å². The molecule has 0 saturated carbocycles. The number of aromatic nitrogens is 2. The van der Waals surface area contributed by atoms with Crippen LogP contribution in [-0.2, 0) is 0 Å². The summed E-state index contributed by atoms with van der Waals surface area (Å²) < 4.78 is 0. The lowest BCUT2D eigenvalue weighted by Crippen LogP contribution is -2.07. The van der Waals surface area contributed by atoms with E-state index in [1.54, 1.807) is 6.20 Å². The molecular weight excluding hydrogens is 230 g/mol. The topological polar surface area (TPSA) is 37.8 Å². The van der Waals surface area contributed by atoms with Crippen molar-refractivity contribution in [2.24, 2.45) is 0 Å². The van der Waals surface area contributed by atoms with Crippen LogP contribution in [0.1, 0.15) is 22.9 Å². The van der Waals surface area contributed by atoms with E-state index in [1.165, 1.54) is 17.0 Å². The molecule has 0 radical (unpaired) electrons. The van der Waals surface area contributed by atoms with Gasteiger partial charge in [-0.25, -0.2) is 4.98 Å². The quantitative estimate of drug-likeness (QED) is 0.883. The summed E-state index contributed by atoms with van der Waals surface area (Å²) >= 11 is 1.82. The first-order valence-electron chi connectivity index (χ1n) is 5.93. The molecule has 1 fully saturated rings. The van der Waals surface area contributed by atoms with E-state index in [-0.39, 0.29) is 0 Å². The molecule has 0 amide bonds. The van der Waals surface area contributed by atoms with E-state index in [0.29, 0.717) is 5.92 Å². The van der Waals surface area contributed by atoms with Gasteiger partial charge in [0.2, 0.25) is 0 Å². The van der Waals surface area contributed by atoms with Crippen molar-refractivity contribution in [3.05, 3.63) is 35.1 Å². The highest BCUT2D eigenvalue weighted by Crippen LogP contribution is 2.34. The van der Waals surface area contributed by atoms with Crippen molar-refractivity contribution in [3.8, 4) is 10.6 Å². The second-order valence-electron chi connectivity index (χ2n) is 4.40. The Bertz CT molecular complexity index is 501. The Hall–Kier alpha value is -1.26. The van der Waals surface area contributed by atoms with Gasteiger partial charge in [-0.2, -0.15) is 0 Å². The highest BCUT2D eigenvalue weighted by molar-refractivity contribution is 7.15. The molecule has 0 aliphatic carbocycles. The molecule has 0 bridgehead atoms. The van der Waals surface area contributed by atoms with Gasteiger partial charge < -0.3 is 5.32 Å². The molecule has 1 aliphatic heterocycles. The number of hydrogen-bond donors (Lipinski definition) is 1. The van der Waals surface area contributed by atoms with E-state index < -0.39 is 0 Å². The molecule has 88 valence electrons. The Balaban J connectivity index is 1.95. The van der Waals surface area contributed by atoms with E-state index in [9.17, 15) is 0 Å². The smallest absolute Gasteiger partial charge is 0.125 e. The molecule has 0 aromatic carbocycles. The van der Waals surface area contributed by atoms with Crippen molar-refractivity contribution >= 4 is 11.3 Å². The van der Waals surface area contributed by atoms with Crippen LogP contribution in [0.3, 0.4) is 0 Å². The number of rotatable bonds is 2. The molecule has 17 heavy (non-hydrogen) atoms. The van der Waals surface area contributed by atoms with Crippen LogP contribution in [0.5, 0.6) is 0 Å². The van der Waals surface area contributed by atoms with Gasteiger partial charge in [-0.3, -0.25) is 4.98 Å². The van der Waals surface area contributed by atoms with Gasteiger partial charge in [0.1, 0.15) is 5.01 Å². The highest BCUT2D eigenvalue weighted by Gasteiger charge is 2.22. The van der Waals surface area contributed by atoms with Gasteiger partial charge in [-0.15, -0.1) is 11.3 Å². The van der Waals surface area contributed by atoms with Crippen LogP contribution >= 0.6 is 11.3 Å². The predicted molar refractivity (Wildman–Crippen MR) is 70.3 cm³/mol. The first-order chi connectivity index (χ1) is 8.34. The molecular formula is C13H15N3S. The second kappa shape index (κ2) is 4.55. The van der Waals surface area contributed by atoms with Crippen molar-refractivity contribution in [3.63, 3.8) is 0 Å². The summed E-state index contributed by atoms with van der Waals surface area (Å²) in [6.45, 7) is 4.34. The summed E-state index contributed by atoms with van der Waals surface area (Å²) in [6, 6.07) is 4.03. The van der Waals surface area contributed by atoms with Crippen molar-refractivity contribution in [2.75, 3.05) is 13.1 Å². The Morgan fingerprint density at radius 1 is 1.47 bits per heavy atom. The maximum absolute atomic E-state index is 4.68. The van der Waals surface area contributed by atoms with E-state index >= 15 is 0 Å². The normalized spacial score (nSPS) is 19.7. The van der Waals surface area contributed by atoms with Crippen LogP contribution in [0, 0.1) is 6.92 Å². The summed E-state index contributed by atoms with van der Waals surface area (Å²) in [5.41, 5.74) is 2.31. The molecule has 2 aromatic heterocycles. The van der Waals surface area contributed by atoms with E-state index in [2.05, 4.69) is 28.3 Å². The van der Waals surface area contributed by atoms with Crippen molar-refractivity contribution in [1.29, 1.82) is 0 Å². The minimum atomic E-state index is 0.651. The number of nitrogens with one attached hydrogen (secondary N) is 1. The number of aryl methyl sites for hydroxylation is 1. The number of hydrogen-bond acceptors (Lipinski definition) is 4. The van der Waals surface area contributed by atoms with Crippen molar-refractivity contribution in [1.82, 2.24) is 15.3 Å². The summed E-state index contributed by atoms with van der Waals surface area (Å²) in [6.07, 6.45) is 4.91. The van der Waals surface area contributed by atoms with Crippen LogP contribution in [0.2, 0.25) is 0 Å². The number of nitrogens with zero attached hydrogens (tertiary/aromatic N) is 2. The molecule has 3 rings (SSSR count). The van der Waals surface area contributed by atoms with E-state index in [1.807, 2.05) is 23.6 Å². The predicted octanol–water partition coefficient (Wildman–Crippen LogP) is 2.59. The summed E-state index contributed by atoms with van der Waals surface area (Å²) in [5.74, 6) is 0.651. The van der Waals surface area contributed by atoms with Crippen LogP contribution in [-0.4, -0.2) is 23.1 Å². The van der Waals surface area contributed by atoms with Gasteiger partial charge >= 0.3 is 0 Å². The van der Waals surface area contributed by atoms with Crippen molar-refractivity contribution in [2.45, 2.75) is 19.3 Å². The standard InChI is InChI=1S/C13H15N3S/c1-9-12(10-4-6-15-7-10)17-13(16-9)11-3-2-5-14-8-11/h2-3,5,8,10,15H,4,6-7H2,1H3. The summed E-state index contributed by atoms with van der Waals surface area (Å²) in [5, 5.41) is 4.51. The molecule has 3 nitrogen and oxygen atoms in total. The fraction of sp³-hybridized carbons (Fsp3) is 0.385. The lowest BCUT2D eigenvalue weighted by molar-refractivity contribution is 0.770. The first kappa shape index (κ1) is 10.9. The van der Waals surface area contributed by atoms with E-state index in [0.717, 1.165) is 23.7 Å². The first-order valence-corrected chi connectivity index (χ1v) is 6.74. The zero-order valence-corrected chi connectivity index (χ0v) is 10.6. The zero-order chi connectivity index (χ0) is 11.7. The van der Waals surface area contributed by atoms with Crippen LogP contribution < -0.4 is 5.32 Å². The third-order valence-electron chi connectivity index (χ3n) is 3.17. The van der Waals surface area contributed by atoms with Crippen LogP contribution in [0.25, 0.3) is 10.6 Å². The average Bonchev–Trinajstić information content (AvgIpc) is 2.99. The molecule has 3 heterocycles. The lowest BCUT2D eigenvalue weighted by Gasteiger charge is -2.04. The maximum Gasteiger partial charge on any atom is 0.125 e. The fourth-order valence-electron chi connectivity index (χ4n) is 2.28. The molecule has 1 atom stereocenters. The molecule has 2 aromatic rings. The van der Waals surface area contributed by atoms with Crippen molar-refractivity contribution < 1.29 is 0 Å². The molecule has 1 saturated heterocycles. The summed E-state index contributed by atoms with van der Waals surface area (Å²) in [4.78, 5) is 10.3. The monoisotopic (exact) mass is 245 g/mol. The lowest BCUT2D eigenvalue weighted by atomic mass is 10.1. The molecule has 4 heteroatoms. The maximum atomic E-state index is 4.68. The second-order valence-corrected chi connectivity index (χ2v) is 5.43. The Labute approximate surface area is 105 Å². The van der Waals surface area contributed by atoms with Gasteiger partial charge in [0.15, 0.2) is 0 Å². The molecule has 1 aliphatic rings. The van der Waals surface area contributed by atoms with Gasteiger partial charge in [-0.1, -0.05) is 0 Å². The molecule has 0 spiro atoms. The van der Waals surface area contributed by atoms with Gasteiger partial charge in [-0.05, 0) is 32.0 Å². The van der Waals surface area contributed by atoms with Gasteiger partial charge in [0.25, 0.3) is 0 Å². The van der Waals surface area contributed by atoms with Gasteiger partial charge in [0, 0.05) is 35.3 Å². The minimum Gasteiger partial charge on any atom is -0.316 e.